The van der Waals surface area contributed by atoms with Gasteiger partial charge in [-0.15, -0.1) is 0 Å². The highest BCUT2D eigenvalue weighted by molar-refractivity contribution is 5.99. The van der Waals surface area contributed by atoms with E-state index in [1.54, 1.807) is 24.3 Å². The Balaban J connectivity index is 1.84. The predicted molar refractivity (Wildman–Crippen MR) is 144 cm³/mol. The molecule has 43 heavy (non-hydrogen) atoms. The second kappa shape index (κ2) is 14.9. The number of esters is 4. The van der Waals surface area contributed by atoms with Gasteiger partial charge in [0.1, 0.15) is 35.7 Å². The number of hydrogen-bond acceptors (Lipinski definition) is 14. The van der Waals surface area contributed by atoms with Crippen LogP contribution in [-0.4, -0.2) is 85.8 Å². The van der Waals surface area contributed by atoms with Gasteiger partial charge in [0.15, 0.2) is 18.8 Å². The van der Waals surface area contributed by atoms with E-state index in [1.165, 1.54) is 19.2 Å². The van der Waals surface area contributed by atoms with Crippen LogP contribution in [0.3, 0.4) is 0 Å². The fourth-order valence-corrected chi connectivity index (χ4v) is 4.14. The van der Waals surface area contributed by atoms with Crippen LogP contribution in [0.4, 0.5) is 0 Å². The van der Waals surface area contributed by atoms with Crippen LogP contribution in [0.5, 0.6) is 23.0 Å². The average Bonchev–Trinajstić information content (AvgIpc) is 2.93. The molecule has 1 N–H and O–H groups in total. The molecule has 2 aromatic carbocycles. The fourth-order valence-electron chi connectivity index (χ4n) is 4.14. The summed E-state index contributed by atoms with van der Waals surface area (Å²) in [5, 5.41) is 10.6. The smallest absolute Gasteiger partial charge is 0.303 e. The van der Waals surface area contributed by atoms with Crippen molar-refractivity contribution in [2.75, 3.05) is 20.3 Å². The SMILES string of the molecule is COc1ccc(OCC(=O)c2ccc(O[C@@H]3OC(COC(C)=O)[C@@H](OC(C)=O)C(OC(C)=O)C3OC(C)=O)cc2O)cc1. The number of phenols is 1. The lowest BCUT2D eigenvalue weighted by atomic mass is 9.98. The first-order valence-corrected chi connectivity index (χ1v) is 13.0. The summed E-state index contributed by atoms with van der Waals surface area (Å²) >= 11 is 0. The minimum Gasteiger partial charge on any atom is -0.507 e. The van der Waals surface area contributed by atoms with Crippen LogP contribution >= 0.6 is 0 Å². The Morgan fingerprint density at radius 3 is 1.86 bits per heavy atom. The molecule has 0 radical (unpaired) electrons. The summed E-state index contributed by atoms with van der Waals surface area (Å²) < 4.78 is 43.4. The number of phenolic OH excluding ortho intramolecular Hbond substituents is 1. The van der Waals surface area contributed by atoms with Gasteiger partial charge < -0.3 is 43.0 Å². The van der Waals surface area contributed by atoms with Gasteiger partial charge in [0.05, 0.1) is 12.7 Å². The van der Waals surface area contributed by atoms with Crippen LogP contribution in [0.1, 0.15) is 38.1 Å². The summed E-state index contributed by atoms with van der Waals surface area (Å²) in [6.45, 7) is 3.62. The zero-order valence-electron chi connectivity index (χ0n) is 24.1. The molecule has 5 atom stereocenters. The fraction of sp³-hybridized carbons (Fsp3) is 0.414. The van der Waals surface area contributed by atoms with E-state index in [-0.39, 0.29) is 17.9 Å². The van der Waals surface area contributed by atoms with E-state index in [1.807, 2.05) is 0 Å². The molecular weight excluding hydrogens is 572 g/mol. The minimum atomic E-state index is -1.51. The molecule has 0 aromatic heterocycles. The van der Waals surface area contributed by atoms with Crippen LogP contribution in [0.15, 0.2) is 42.5 Å². The van der Waals surface area contributed by atoms with E-state index in [0.717, 1.165) is 33.8 Å². The van der Waals surface area contributed by atoms with Crippen molar-refractivity contribution >= 4 is 29.7 Å². The Morgan fingerprint density at radius 1 is 0.744 bits per heavy atom. The standard InChI is InChI=1S/C29H32O14/c1-15(30)37-14-25-26(39-16(2)31)27(40-17(3)32)28(41-18(4)33)29(43-25)42-21-10-11-22(23(34)12-21)24(35)13-38-20-8-6-19(36-5)7-9-20/h6-12,25-29,34H,13-14H2,1-5H3/t25?,26-,27?,28?,29-/m1/s1. The van der Waals surface area contributed by atoms with E-state index in [0.29, 0.717) is 11.5 Å². The zero-order chi connectivity index (χ0) is 31.7. The molecule has 1 aliphatic rings. The van der Waals surface area contributed by atoms with Crippen molar-refractivity contribution in [2.45, 2.75) is 58.4 Å². The maximum absolute atomic E-state index is 12.7. The van der Waals surface area contributed by atoms with Crippen molar-refractivity contribution in [3.8, 4) is 23.0 Å². The summed E-state index contributed by atoms with van der Waals surface area (Å²) in [6, 6.07) is 10.3. The summed E-state index contributed by atoms with van der Waals surface area (Å²) in [4.78, 5) is 60.0. The minimum absolute atomic E-state index is 0.0361. The summed E-state index contributed by atoms with van der Waals surface area (Å²) in [5.41, 5.74) is -0.0672. The third kappa shape index (κ3) is 9.33. The Labute approximate surface area is 246 Å². The van der Waals surface area contributed by atoms with Gasteiger partial charge in [-0.3, -0.25) is 24.0 Å². The highest BCUT2D eigenvalue weighted by Gasteiger charge is 2.53. The molecule has 3 unspecified atom stereocenters. The van der Waals surface area contributed by atoms with Gasteiger partial charge in [0.25, 0.3) is 0 Å². The number of benzene rings is 2. The van der Waals surface area contributed by atoms with Gasteiger partial charge in [0.2, 0.25) is 18.2 Å². The van der Waals surface area contributed by atoms with Crippen LogP contribution < -0.4 is 14.2 Å². The molecule has 0 aliphatic carbocycles. The molecule has 0 spiro atoms. The highest BCUT2D eigenvalue weighted by Crippen LogP contribution is 2.32. The van der Waals surface area contributed by atoms with Gasteiger partial charge in [-0.1, -0.05) is 0 Å². The lowest BCUT2D eigenvalue weighted by Gasteiger charge is -2.43. The number of methoxy groups -OCH3 is 1. The number of Topliss-reactive ketones (excluding diaryl/α,β-unsaturated/α-hetero) is 1. The molecule has 2 aromatic rings. The number of rotatable bonds is 12. The van der Waals surface area contributed by atoms with Crippen LogP contribution in [0.25, 0.3) is 0 Å². The molecular formula is C29H32O14. The van der Waals surface area contributed by atoms with Crippen LogP contribution in [0.2, 0.25) is 0 Å². The summed E-state index contributed by atoms with van der Waals surface area (Å²) in [7, 11) is 1.52. The van der Waals surface area contributed by atoms with Crippen LogP contribution in [0, 0.1) is 0 Å². The van der Waals surface area contributed by atoms with E-state index >= 15 is 0 Å². The highest BCUT2D eigenvalue weighted by atomic mass is 16.7. The van der Waals surface area contributed by atoms with Crippen molar-refractivity contribution in [1.29, 1.82) is 0 Å². The molecule has 1 fully saturated rings. The number of ether oxygens (including phenoxy) is 8. The van der Waals surface area contributed by atoms with Crippen molar-refractivity contribution < 1.29 is 67.0 Å². The van der Waals surface area contributed by atoms with E-state index in [9.17, 15) is 29.1 Å². The Hall–Kier alpha value is -4.85. The molecule has 1 aliphatic heterocycles. The van der Waals surface area contributed by atoms with Gasteiger partial charge in [-0.25, -0.2) is 0 Å². The first-order chi connectivity index (χ1) is 20.4. The monoisotopic (exact) mass is 604 g/mol. The molecule has 14 heteroatoms. The van der Waals surface area contributed by atoms with Crippen LogP contribution in [-0.2, 0) is 42.9 Å². The number of hydrogen-bond donors (Lipinski definition) is 1. The maximum atomic E-state index is 12.7. The summed E-state index contributed by atoms with van der Waals surface area (Å²) in [6.07, 6.45) is -7.00. The van der Waals surface area contributed by atoms with E-state index in [2.05, 4.69) is 0 Å². The number of carbonyl (C=O) groups is 5. The topological polar surface area (TPSA) is 179 Å². The van der Waals surface area contributed by atoms with Gasteiger partial charge >= 0.3 is 23.9 Å². The third-order valence-electron chi connectivity index (χ3n) is 5.90. The molecule has 0 bridgehead atoms. The van der Waals surface area contributed by atoms with Crippen molar-refractivity contribution in [2.24, 2.45) is 0 Å². The van der Waals surface area contributed by atoms with Crippen molar-refractivity contribution in [1.82, 2.24) is 0 Å². The quantitative estimate of drug-likeness (QED) is 0.211. The zero-order valence-corrected chi connectivity index (χ0v) is 24.1. The molecule has 0 amide bonds. The Morgan fingerprint density at radius 2 is 1.30 bits per heavy atom. The largest absolute Gasteiger partial charge is 0.507 e. The second-order valence-corrected chi connectivity index (χ2v) is 9.25. The van der Waals surface area contributed by atoms with Crippen molar-refractivity contribution in [3.63, 3.8) is 0 Å². The first-order valence-electron chi connectivity index (χ1n) is 13.0. The molecule has 3 rings (SSSR count). The second-order valence-electron chi connectivity index (χ2n) is 9.25. The lowest BCUT2D eigenvalue weighted by molar-refractivity contribution is -0.288. The van der Waals surface area contributed by atoms with Gasteiger partial charge in [-0.2, -0.15) is 0 Å². The number of aromatic hydroxyl groups is 1. The van der Waals surface area contributed by atoms with Gasteiger partial charge in [-0.05, 0) is 36.4 Å². The number of ketones is 1. The Kier molecular flexibility index (Phi) is 11.3. The molecule has 0 saturated carbocycles. The summed E-state index contributed by atoms with van der Waals surface area (Å²) in [5.74, 6) is -3.05. The first kappa shape index (κ1) is 32.7. The molecule has 232 valence electrons. The predicted octanol–water partition coefficient (Wildman–Crippen LogP) is 2.12. The molecule has 14 nitrogen and oxygen atoms in total. The maximum Gasteiger partial charge on any atom is 0.303 e. The lowest BCUT2D eigenvalue weighted by Crippen LogP contribution is -2.63. The normalized spacial score (nSPS) is 21.1. The molecule has 1 heterocycles. The van der Waals surface area contributed by atoms with Gasteiger partial charge in [0, 0.05) is 33.8 Å². The van der Waals surface area contributed by atoms with E-state index < -0.39 is 72.7 Å². The van der Waals surface area contributed by atoms with Crippen molar-refractivity contribution in [3.05, 3.63) is 48.0 Å². The average molecular weight is 605 g/mol. The molecule has 1 saturated heterocycles. The Bertz CT molecular complexity index is 1320. The van der Waals surface area contributed by atoms with E-state index in [4.69, 9.17) is 37.9 Å². The third-order valence-corrected chi connectivity index (χ3v) is 5.90. The number of carbonyl (C=O) groups excluding carboxylic acids is 5.